The van der Waals surface area contributed by atoms with Gasteiger partial charge in [-0.15, -0.1) is 0 Å². The molecule has 40 heavy (non-hydrogen) atoms. The van der Waals surface area contributed by atoms with E-state index in [1.54, 1.807) is 17.0 Å². The van der Waals surface area contributed by atoms with Crippen molar-refractivity contribution in [3.8, 4) is 5.75 Å². The lowest BCUT2D eigenvalue weighted by molar-refractivity contribution is -0.145. The summed E-state index contributed by atoms with van der Waals surface area (Å²) in [6.45, 7) is 1.18. The molecule has 4 amide bonds. The number of amides is 4. The summed E-state index contributed by atoms with van der Waals surface area (Å²) in [6, 6.07) is 8.78. The SMILES string of the molecule is O=C(COc1ccccc1)NCCN1CC(=O)N2C[C@@H](NC3CCCC3)C[C@H]2C(=O)NCCOCCOCC1=O. The molecule has 3 N–H and O–H groups in total. The second-order valence-electron chi connectivity index (χ2n) is 10.4. The fourth-order valence-corrected chi connectivity index (χ4v) is 5.33. The van der Waals surface area contributed by atoms with Gasteiger partial charge >= 0.3 is 0 Å². The minimum Gasteiger partial charge on any atom is -0.484 e. The minimum absolute atomic E-state index is 0.00863. The molecule has 2 heterocycles. The van der Waals surface area contributed by atoms with Crippen molar-refractivity contribution in [3.63, 3.8) is 0 Å². The van der Waals surface area contributed by atoms with Crippen LogP contribution in [0.1, 0.15) is 32.1 Å². The molecule has 0 unspecified atom stereocenters. The van der Waals surface area contributed by atoms with E-state index in [9.17, 15) is 19.2 Å². The number of hydrogen-bond acceptors (Lipinski definition) is 8. The van der Waals surface area contributed by atoms with E-state index in [0.29, 0.717) is 37.9 Å². The van der Waals surface area contributed by atoms with Crippen LogP contribution in [0, 0.1) is 0 Å². The summed E-state index contributed by atoms with van der Waals surface area (Å²) in [5.41, 5.74) is 0. The number of para-hydroxylation sites is 1. The molecule has 220 valence electrons. The lowest BCUT2D eigenvalue weighted by atomic mass is 10.1. The summed E-state index contributed by atoms with van der Waals surface area (Å²) in [6.07, 6.45) is 5.09. The van der Waals surface area contributed by atoms with E-state index >= 15 is 0 Å². The van der Waals surface area contributed by atoms with Gasteiger partial charge in [-0.1, -0.05) is 31.0 Å². The van der Waals surface area contributed by atoms with Gasteiger partial charge in [-0.2, -0.15) is 0 Å². The summed E-state index contributed by atoms with van der Waals surface area (Å²) in [5.74, 6) is -0.670. The Labute approximate surface area is 235 Å². The van der Waals surface area contributed by atoms with Crippen LogP contribution in [-0.4, -0.2) is 117 Å². The first kappa shape index (κ1) is 29.8. The molecule has 3 aliphatic rings. The molecule has 0 spiro atoms. The van der Waals surface area contributed by atoms with Crippen molar-refractivity contribution in [3.05, 3.63) is 30.3 Å². The maximum atomic E-state index is 13.5. The lowest BCUT2D eigenvalue weighted by Crippen LogP contribution is -2.51. The predicted octanol–water partition coefficient (Wildman–Crippen LogP) is -0.325. The molecule has 4 rings (SSSR count). The zero-order valence-corrected chi connectivity index (χ0v) is 23.0. The molecule has 2 aliphatic heterocycles. The van der Waals surface area contributed by atoms with Gasteiger partial charge in [0.2, 0.25) is 17.7 Å². The summed E-state index contributed by atoms with van der Waals surface area (Å²) < 4.78 is 16.4. The Morgan fingerprint density at radius 1 is 1.00 bits per heavy atom. The second kappa shape index (κ2) is 15.5. The number of ether oxygens (including phenoxy) is 3. The zero-order chi connectivity index (χ0) is 28.2. The van der Waals surface area contributed by atoms with Gasteiger partial charge in [-0.3, -0.25) is 19.2 Å². The third-order valence-electron chi connectivity index (χ3n) is 7.39. The Kier molecular flexibility index (Phi) is 11.6. The molecule has 1 aromatic carbocycles. The van der Waals surface area contributed by atoms with Gasteiger partial charge in [0, 0.05) is 38.3 Å². The second-order valence-corrected chi connectivity index (χ2v) is 10.4. The highest BCUT2D eigenvalue weighted by molar-refractivity contribution is 5.91. The van der Waals surface area contributed by atoms with E-state index < -0.39 is 6.04 Å². The van der Waals surface area contributed by atoms with Crippen LogP contribution in [0.15, 0.2) is 30.3 Å². The highest BCUT2D eigenvalue weighted by Crippen LogP contribution is 2.24. The van der Waals surface area contributed by atoms with Crippen molar-refractivity contribution in [2.75, 3.05) is 65.8 Å². The fourth-order valence-electron chi connectivity index (χ4n) is 5.33. The van der Waals surface area contributed by atoms with Gasteiger partial charge in [0.1, 0.15) is 18.4 Å². The van der Waals surface area contributed by atoms with E-state index in [1.807, 2.05) is 18.2 Å². The molecule has 1 aliphatic carbocycles. The van der Waals surface area contributed by atoms with Gasteiger partial charge in [0.25, 0.3) is 5.91 Å². The molecule has 12 nitrogen and oxygen atoms in total. The van der Waals surface area contributed by atoms with Crippen molar-refractivity contribution in [1.82, 2.24) is 25.8 Å². The maximum absolute atomic E-state index is 13.5. The number of nitrogens with one attached hydrogen (secondary N) is 3. The van der Waals surface area contributed by atoms with Gasteiger partial charge in [0.15, 0.2) is 6.61 Å². The Bertz CT molecular complexity index is 989. The summed E-state index contributed by atoms with van der Waals surface area (Å²) in [7, 11) is 0. The Balaban J connectivity index is 1.36. The van der Waals surface area contributed by atoms with Crippen molar-refractivity contribution in [2.24, 2.45) is 0 Å². The first-order valence-corrected chi connectivity index (χ1v) is 14.2. The van der Waals surface area contributed by atoms with E-state index in [2.05, 4.69) is 16.0 Å². The Morgan fingerprint density at radius 2 is 1.77 bits per heavy atom. The first-order valence-electron chi connectivity index (χ1n) is 14.2. The summed E-state index contributed by atoms with van der Waals surface area (Å²) in [4.78, 5) is 54.8. The van der Waals surface area contributed by atoms with Gasteiger partial charge in [-0.05, 0) is 31.4 Å². The molecule has 1 aromatic rings. The maximum Gasteiger partial charge on any atom is 0.258 e. The first-order chi connectivity index (χ1) is 19.5. The number of hydrogen-bond donors (Lipinski definition) is 3. The quantitative estimate of drug-likeness (QED) is 0.394. The predicted molar refractivity (Wildman–Crippen MR) is 145 cm³/mol. The molecule has 1 saturated carbocycles. The number of carbonyl (C=O) groups is 4. The van der Waals surface area contributed by atoms with Crippen LogP contribution in [-0.2, 0) is 28.7 Å². The van der Waals surface area contributed by atoms with Gasteiger partial charge < -0.3 is 40.0 Å². The molecular weight excluding hydrogens is 518 g/mol. The van der Waals surface area contributed by atoms with Crippen LogP contribution in [0.4, 0.5) is 0 Å². The van der Waals surface area contributed by atoms with Crippen LogP contribution >= 0.6 is 0 Å². The lowest BCUT2D eigenvalue weighted by Gasteiger charge is -2.28. The third-order valence-corrected chi connectivity index (χ3v) is 7.39. The van der Waals surface area contributed by atoms with Crippen LogP contribution in [0.5, 0.6) is 5.75 Å². The number of rotatable bonds is 8. The third kappa shape index (κ3) is 9.17. The van der Waals surface area contributed by atoms with E-state index in [-0.39, 0.29) is 75.7 Å². The molecule has 2 saturated heterocycles. The Hall–Kier alpha value is -3.22. The fraction of sp³-hybridized carbons (Fsp3) is 0.643. The highest BCUT2D eigenvalue weighted by atomic mass is 16.5. The molecule has 12 heteroatoms. The standard InChI is InChI=1S/C28H41N5O7/c34-25(19-40-23-8-2-1-3-9-23)29-10-12-32-18-26(35)33-17-22(31-21-6-4-5-7-21)16-24(33)28(37)30-11-13-38-14-15-39-20-27(32)36/h1-3,8-9,21-22,24,31H,4-7,10-20H2,(H,29,34)(H,30,37)/t22-,24-/m0/s1. The van der Waals surface area contributed by atoms with Crippen LogP contribution < -0.4 is 20.7 Å². The number of benzene rings is 1. The largest absolute Gasteiger partial charge is 0.484 e. The van der Waals surface area contributed by atoms with Crippen molar-refractivity contribution >= 4 is 23.6 Å². The van der Waals surface area contributed by atoms with E-state index in [4.69, 9.17) is 14.2 Å². The molecular formula is C28H41N5O7. The zero-order valence-electron chi connectivity index (χ0n) is 23.0. The van der Waals surface area contributed by atoms with Crippen molar-refractivity contribution in [1.29, 1.82) is 0 Å². The molecule has 3 fully saturated rings. The number of fused-ring (bicyclic) bond motifs is 1. The monoisotopic (exact) mass is 559 g/mol. The van der Waals surface area contributed by atoms with Crippen LogP contribution in [0.3, 0.4) is 0 Å². The average molecular weight is 560 g/mol. The van der Waals surface area contributed by atoms with Gasteiger partial charge in [0.05, 0.1) is 26.4 Å². The van der Waals surface area contributed by atoms with E-state index in [0.717, 1.165) is 12.8 Å². The molecule has 0 bridgehead atoms. The number of nitrogens with zero attached hydrogens (tertiary/aromatic N) is 2. The topological polar surface area (TPSA) is 139 Å². The normalized spacial score (nSPS) is 23.8. The van der Waals surface area contributed by atoms with Gasteiger partial charge in [-0.25, -0.2) is 0 Å². The average Bonchev–Trinajstić information content (AvgIpc) is 3.63. The smallest absolute Gasteiger partial charge is 0.258 e. The minimum atomic E-state index is -0.625. The molecule has 0 radical (unpaired) electrons. The van der Waals surface area contributed by atoms with Crippen LogP contribution in [0.2, 0.25) is 0 Å². The van der Waals surface area contributed by atoms with Crippen molar-refractivity contribution < 1.29 is 33.4 Å². The van der Waals surface area contributed by atoms with Crippen LogP contribution in [0.25, 0.3) is 0 Å². The molecule has 0 aromatic heterocycles. The van der Waals surface area contributed by atoms with Crippen molar-refractivity contribution in [2.45, 2.75) is 50.2 Å². The highest BCUT2D eigenvalue weighted by Gasteiger charge is 2.40. The van der Waals surface area contributed by atoms with E-state index in [1.165, 1.54) is 17.7 Å². The summed E-state index contributed by atoms with van der Waals surface area (Å²) in [5, 5.41) is 9.25. The molecule has 2 atom stereocenters. The number of carbonyl (C=O) groups excluding carboxylic acids is 4. The summed E-state index contributed by atoms with van der Waals surface area (Å²) >= 11 is 0. The Morgan fingerprint density at radius 3 is 2.58 bits per heavy atom.